The Morgan fingerprint density at radius 1 is 1.36 bits per heavy atom. The Balaban J connectivity index is 2.65. The first kappa shape index (κ1) is 10.6. The number of hydrogen-bond donors (Lipinski definition) is 0. The van der Waals surface area contributed by atoms with Crippen molar-refractivity contribution < 1.29 is 9.47 Å². The van der Waals surface area contributed by atoms with Gasteiger partial charge in [0.05, 0.1) is 18.2 Å². The normalized spacial score (nSPS) is 9.50. The average molecular weight is 191 g/mol. The van der Waals surface area contributed by atoms with E-state index in [1.165, 1.54) is 0 Å². The van der Waals surface area contributed by atoms with Gasteiger partial charge in [-0.15, -0.1) is 0 Å². The van der Waals surface area contributed by atoms with Gasteiger partial charge in [-0.25, -0.2) is 0 Å². The van der Waals surface area contributed by atoms with Crippen molar-refractivity contribution in [3.8, 4) is 11.8 Å². The van der Waals surface area contributed by atoms with Gasteiger partial charge in [-0.3, -0.25) is 0 Å². The zero-order valence-corrected chi connectivity index (χ0v) is 8.41. The van der Waals surface area contributed by atoms with Gasteiger partial charge in [-0.05, 0) is 30.7 Å². The van der Waals surface area contributed by atoms with E-state index in [0.29, 0.717) is 18.8 Å². The van der Waals surface area contributed by atoms with Gasteiger partial charge in [0, 0.05) is 7.11 Å². The van der Waals surface area contributed by atoms with Crippen LogP contribution in [0, 0.1) is 18.3 Å². The van der Waals surface area contributed by atoms with Gasteiger partial charge in [0.25, 0.3) is 0 Å². The van der Waals surface area contributed by atoms with Gasteiger partial charge < -0.3 is 9.47 Å². The van der Waals surface area contributed by atoms with Gasteiger partial charge >= 0.3 is 0 Å². The Bertz CT molecular complexity index is 342. The topological polar surface area (TPSA) is 42.2 Å². The molecule has 0 bridgehead atoms. The van der Waals surface area contributed by atoms with Gasteiger partial charge in [-0.1, -0.05) is 0 Å². The lowest BCUT2D eigenvalue weighted by Crippen LogP contribution is -2.05. The SMILES string of the molecule is COCCOc1ccc(C#N)cc1C. The van der Waals surface area contributed by atoms with E-state index in [2.05, 4.69) is 6.07 Å². The molecule has 14 heavy (non-hydrogen) atoms. The first-order chi connectivity index (χ1) is 6.77. The van der Waals surface area contributed by atoms with Crippen molar-refractivity contribution in [2.24, 2.45) is 0 Å². The fraction of sp³-hybridized carbons (Fsp3) is 0.364. The third kappa shape index (κ3) is 2.75. The zero-order chi connectivity index (χ0) is 10.4. The van der Waals surface area contributed by atoms with Crippen LogP contribution in [0.5, 0.6) is 5.75 Å². The highest BCUT2D eigenvalue weighted by atomic mass is 16.5. The molecule has 0 unspecified atom stereocenters. The molecule has 3 nitrogen and oxygen atoms in total. The molecular weight excluding hydrogens is 178 g/mol. The molecule has 0 atom stereocenters. The Morgan fingerprint density at radius 2 is 2.14 bits per heavy atom. The lowest BCUT2D eigenvalue weighted by atomic mass is 10.1. The van der Waals surface area contributed by atoms with Crippen LogP contribution in [0.4, 0.5) is 0 Å². The summed E-state index contributed by atoms with van der Waals surface area (Å²) in [7, 11) is 1.63. The van der Waals surface area contributed by atoms with Crippen LogP contribution in [0.3, 0.4) is 0 Å². The standard InChI is InChI=1S/C11H13NO2/c1-9-7-10(8-12)3-4-11(9)14-6-5-13-2/h3-4,7H,5-6H2,1-2H3. The molecule has 0 fully saturated rings. The molecule has 0 spiro atoms. The van der Waals surface area contributed by atoms with Crippen LogP contribution < -0.4 is 4.74 Å². The van der Waals surface area contributed by atoms with Crippen molar-refractivity contribution in [1.82, 2.24) is 0 Å². The Kier molecular flexibility index (Phi) is 3.96. The summed E-state index contributed by atoms with van der Waals surface area (Å²) in [5, 5.41) is 8.66. The zero-order valence-electron chi connectivity index (χ0n) is 8.41. The molecule has 0 aliphatic heterocycles. The van der Waals surface area contributed by atoms with Crippen LogP contribution in [0.25, 0.3) is 0 Å². The van der Waals surface area contributed by atoms with Crippen molar-refractivity contribution in [1.29, 1.82) is 5.26 Å². The van der Waals surface area contributed by atoms with Crippen molar-refractivity contribution in [2.45, 2.75) is 6.92 Å². The molecular formula is C11H13NO2. The molecule has 0 aliphatic rings. The molecule has 0 N–H and O–H groups in total. The van der Waals surface area contributed by atoms with Crippen molar-refractivity contribution >= 4 is 0 Å². The smallest absolute Gasteiger partial charge is 0.122 e. The lowest BCUT2D eigenvalue weighted by Gasteiger charge is -2.08. The number of aryl methyl sites for hydroxylation is 1. The highest BCUT2D eigenvalue weighted by Crippen LogP contribution is 2.18. The first-order valence-electron chi connectivity index (χ1n) is 4.40. The summed E-state index contributed by atoms with van der Waals surface area (Å²) >= 11 is 0. The second-order valence-electron chi connectivity index (χ2n) is 2.93. The first-order valence-corrected chi connectivity index (χ1v) is 4.40. The lowest BCUT2D eigenvalue weighted by molar-refractivity contribution is 0.146. The molecule has 0 aliphatic carbocycles. The summed E-state index contributed by atoms with van der Waals surface area (Å²) in [6.45, 7) is 3.02. The van der Waals surface area contributed by atoms with E-state index in [4.69, 9.17) is 14.7 Å². The fourth-order valence-corrected chi connectivity index (χ4v) is 1.12. The molecule has 0 saturated heterocycles. The molecule has 1 aromatic rings. The number of ether oxygens (including phenoxy) is 2. The van der Waals surface area contributed by atoms with E-state index in [9.17, 15) is 0 Å². The summed E-state index contributed by atoms with van der Waals surface area (Å²) in [6.07, 6.45) is 0. The number of nitriles is 1. The molecule has 3 heteroatoms. The molecule has 0 radical (unpaired) electrons. The van der Waals surface area contributed by atoms with E-state index >= 15 is 0 Å². The summed E-state index contributed by atoms with van der Waals surface area (Å²) in [6, 6.07) is 7.44. The third-order valence-corrected chi connectivity index (χ3v) is 1.85. The summed E-state index contributed by atoms with van der Waals surface area (Å²) < 4.78 is 10.3. The molecule has 74 valence electrons. The molecule has 1 rings (SSSR count). The number of methoxy groups -OCH3 is 1. The van der Waals surface area contributed by atoms with Crippen LogP contribution in [-0.2, 0) is 4.74 Å². The quantitative estimate of drug-likeness (QED) is 0.682. The van der Waals surface area contributed by atoms with Crippen molar-refractivity contribution in [2.75, 3.05) is 20.3 Å². The van der Waals surface area contributed by atoms with Gasteiger partial charge in [0.1, 0.15) is 12.4 Å². The minimum absolute atomic E-state index is 0.531. The number of nitrogens with zero attached hydrogens (tertiary/aromatic N) is 1. The Labute approximate surface area is 83.9 Å². The summed E-state index contributed by atoms with van der Waals surface area (Å²) in [4.78, 5) is 0. The number of hydrogen-bond acceptors (Lipinski definition) is 3. The second kappa shape index (κ2) is 5.25. The maximum atomic E-state index is 8.66. The van der Waals surface area contributed by atoms with Crippen LogP contribution in [0.1, 0.15) is 11.1 Å². The maximum Gasteiger partial charge on any atom is 0.122 e. The van der Waals surface area contributed by atoms with Crippen LogP contribution in [-0.4, -0.2) is 20.3 Å². The van der Waals surface area contributed by atoms with E-state index in [1.807, 2.05) is 19.1 Å². The third-order valence-electron chi connectivity index (χ3n) is 1.85. The van der Waals surface area contributed by atoms with E-state index < -0.39 is 0 Å². The monoisotopic (exact) mass is 191 g/mol. The number of rotatable bonds is 4. The number of benzene rings is 1. The van der Waals surface area contributed by atoms with Crippen LogP contribution in [0.15, 0.2) is 18.2 Å². The fourth-order valence-electron chi connectivity index (χ4n) is 1.12. The molecule has 0 amide bonds. The van der Waals surface area contributed by atoms with E-state index in [0.717, 1.165) is 11.3 Å². The highest BCUT2D eigenvalue weighted by Gasteiger charge is 2.00. The molecule has 0 aromatic heterocycles. The van der Waals surface area contributed by atoms with Gasteiger partial charge in [0.15, 0.2) is 0 Å². The second-order valence-corrected chi connectivity index (χ2v) is 2.93. The summed E-state index contributed by atoms with van der Waals surface area (Å²) in [5.41, 5.74) is 1.63. The predicted molar refractivity (Wildman–Crippen MR) is 53.3 cm³/mol. The van der Waals surface area contributed by atoms with Crippen LogP contribution >= 0.6 is 0 Å². The molecule has 0 saturated carbocycles. The maximum absolute atomic E-state index is 8.66. The van der Waals surface area contributed by atoms with E-state index in [1.54, 1.807) is 13.2 Å². The largest absolute Gasteiger partial charge is 0.491 e. The van der Waals surface area contributed by atoms with Gasteiger partial charge in [-0.2, -0.15) is 5.26 Å². The highest BCUT2D eigenvalue weighted by molar-refractivity contribution is 5.41. The van der Waals surface area contributed by atoms with Gasteiger partial charge in [0.2, 0.25) is 0 Å². The molecule has 0 heterocycles. The predicted octanol–water partition coefficient (Wildman–Crippen LogP) is 1.89. The van der Waals surface area contributed by atoms with Crippen LogP contribution in [0.2, 0.25) is 0 Å². The average Bonchev–Trinajstić information content (AvgIpc) is 2.20. The van der Waals surface area contributed by atoms with Crippen molar-refractivity contribution in [3.63, 3.8) is 0 Å². The Hall–Kier alpha value is -1.53. The minimum atomic E-state index is 0.531. The van der Waals surface area contributed by atoms with E-state index in [-0.39, 0.29) is 0 Å². The Morgan fingerprint density at radius 3 is 2.71 bits per heavy atom. The summed E-state index contributed by atoms with van der Waals surface area (Å²) in [5.74, 6) is 0.807. The minimum Gasteiger partial charge on any atom is -0.491 e. The van der Waals surface area contributed by atoms with Crippen molar-refractivity contribution in [3.05, 3.63) is 29.3 Å². The molecule has 1 aromatic carbocycles.